The van der Waals surface area contributed by atoms with Crippen LogP contribution < -0.4 is 0 Å². The SMILES string of the molecule is CC(C)=C/C(=N/C(C)C)N(C)C(C)C. The van der Waals surface area contributed by atoms with Crippen LogP contribution in [0.5, 0.6) is 0 Å². The van der Waals surface area contributed by atoms with Crippen LogP contribution in [0.25, 0.3) is 0 Å². The standard InChI is InChI=1S/C12H24N2/c1-9(2)8-12(13-10(3)4)14(7)11(5)6/h8,10-11H,1-7H3/b13-12-. The molecule has 0 rings (SSSR count). The largest absolute Gasteiger partial charge is 0.358 e. The van der Waals surface area contributed by atoms with E-state index in [0.717, 1.165) is 5.84 Å². The number of hydrogen-bond acceptors (Lipinski definition) is 1. The van der Waals surface area contributed by atoms with Crippen molar-refractivity contribution in [3.63, 3.8) is 0 Å². The Morgan fingerprint density at radius 3 is 1.93 bits per heavy atom. The maximum atomic E-state index is 4.60. The molecule has 0 fully saturated rings. The topological polar surface area (TPSA) is 15.6 Å². The number of nitrogens with zero attached hydrogens (tertiary/aromatic N) is 2. The number of rotatable bonds is 3. The predicted octanol–water partition coefficient (Wildman–Crippen LogP) is 3.10. The van der Waals surface area contributed by atoms with Crippen LogP contribution in [0, 0.1) is 0 Å². The van der Waals surface area contributed by atoms with Gasteiger partial charge in [0.1, 0.15) is 5.84 Å². The number of hydrogen-bond donors (Lipinski definition) is 0. The van der Waals surface area contributed by atoms with Gasteiger partial charge in [-0.15, -0.1) is 0 Å². The molecule has 0 saturated heterocycles. The smallest absolute Gasteiger partial charge is 0.123 e. The van der Waals surface area contributed by atoms with Crippen LogP contribution in [-0.2, 0) is 0 Å². The first-order valence-electron chi connectivity index (χ1n) is 5.30. The minimum absolute atomic E-state index is 0.349. The lowest BCUT2D eigenvalue weighted by Gasteiger charge is -2.24. The molecule has 0 heterocycles. The molecule has 0 aliphatic rings. The molecular weight excluding hydrogens is 172 g/mol. The Labute approximate surface area is 88.7 Å². The first-order valence-corrected chi connectivity index (χ1v) is 5.30. The molecule has 0 aromatic carbocycles. The van der Waals surface area contributed by atoms with Gasteiger partial charge in [0.15, 0.2) is 0 Å². The van der Waals surface area contributed by atoms with E-state index in [0.29, 0.717) is 12.1 Å². The highest BCUT2D eigenvalue weighted by Crippen LogP contribution is 2.03. The Balaban J connectivity index is 4.82. The summed E-state index contributed by atoms with van der Waals surface area (Å²) in [6.07, 6.45) is 2.14. The van der Waals surface area contributed by atoms with E-state index in [1.165, 1.54) is 5.57 Å². The Morgan fingerprint density at radius 2 is 1.64 bits per heavy atom. The van der Waals surface area contributed by atoms with Gasteiger partial charge in [0.05, 0.1) is 0 Å². The van der Waals surface area contributed by atoms with Gasteiger partial charge < -0.3 is 4.90 Å². The highest BCUT2D eigenvalue weighted by atomic mass is 15.2. The lowest BCUT2D eigenvalue weighted by Crippen LogP contribution is -2.32. The second kappa shape index (κ2) is 5.84. The highest BCUT2D eigenvalue weighted by molar-refractivity contribution is 5.93. The van der Waals surface area contributed by atoms with Crippen LogP contribution in [0.4, 0.5) is 0 Å². The fourth-order valence-electron chi connectivity index (χ4n) is 1.02. The Kier molecular flexibility index (Phi) is 5.51. The third-order valence-corrected chi connectivity index (χ3v) is 1.94. The zero-order valence-corrected chi connectivity index (χ0v) is 10.6. The van der Waals surface area contributed by atoms with Crippen molar-refractivity contribution in [3.8, 4) is 0 Å². The fourth-order valence-corrected chi connectivity index (χ4v) is 1.02. The van der Waals surface area contributed by atoms with Crippen molar-refractivity contribution in [2.45, 2.75) is 53.6 Å². The molecule has 0 aliphatic carbocycles. The van der Waals surface area contributed by atoms with Crippen molar-refractivity contribution in [1.82, 2.24) is 4.90 Å². The fraction of sp³-hybridized carbons (Fsp3) is 0.750. The lowest BCUT2D eigenvalue weighted by atomic mass is 10.2. The van der Waals surface area contributed by atoms with Gasteiger partial charge in [0.2, 0.25) is 0 Å². The second-order valence-corrected chi connectivity index (χ2v) is 4.51. The molecule has 0 spiro atoms. The Hall–Kier alpha value is -0.790. The van der Waals surface area contributed by atoms with E-state index >= 15 is 0 Å². The normalized spacial score (nSPS) is 12.2. The van der Waals surface area contributed by atoms with E-state index in [-0.39, 0.29) is 0 Å². The van der Waals surface area contributed by atoms with Gasteiger partial charge >= 0.3 is 0 Å². The summed E-state index contributed by atoms with van der Waals surface area (Å²) in [5, 5.41) is 0. The quantitative estimate of drug-likeness (QED) is 0.500. The van der Waals surface area contributed by atoms with Gasteiger partial charge in [-0.3, -0.25) is 4.99 Å². The van der Waals surface area contributed by atoms with Crippen LogP contribution in [0.2, 0.25) is 0 Å². The molecule has 0 saturated carbocycles. The monoisotopic (exact) mass is 196 g/mol. The van der Waals surface area contributed by atoms with E-state index in [1.54, 1.807) is 0 Å². The van der Waals surface area contributed by atoms with Gasteiger partial charge in [-0.05, 0) is 47.6 Å². The van der Waals surface area contributed by atoms with Crippen molar-refractivity contribution in [3.05, 3.63) is 11.6 Å². The van der Waals surface area contributed by atoms with Gasteiger partial charge in [0.25, 0.3) is 0 Å². The number of likely N-dealkylation sites (N-methyl/N-ethyl adjacent to an activating group) is 1. The zero-order chi connectivity index (χ0) is 11.3. The summed E-state index contributed by atoms with van der Waals surface area (Å²) in [7, 11) is 2.09. The van der Waals surface area contributed by atoms with Crippen LogP contribution in [0.3, 0.4) is 0 Å². The summed E-state index contributed by atoms with van der Waals surface area (Å²) in [5.74, 6) is 1.08. The molecule has 0 atom stereocenters. The number of aliphatic imine (C=N–C) groups is 1. The molecular formula is C12H24N2. The minimum atomic E-state index is 0.349. The van der Waals surface area contributed by atoms with Gasteiger partial charge in [-0.2, -0.15) is 0 Å². The third-order valence-electron chi connectivity index (χ3n) is 1.94. The molecule has 0 aromatic heterocycles. The number of allylic oxidation sites excluding steroid dienone is 1. The first kappa shape index (κ1) is 13.2. The maximum Gasteiger partial charge on any atom is 0.123 e. The van der Waals surface area contributed by atoms with Crippen LogP contribution in [0.1, 0.15) is 41.5 Å². The van der Waals surface area contributed by atoms with Gasteiger partial charge in [-0.1, -0.05) is 5.57 Å². The van der Waals surface area contributed by atoms with E-state index in [9.17, 15) is 0 Å². The highest BCUT2D eigenvalue weighted by Gasteiger charge is 2.07. The molecule has 2 heteroatoms. The average molecular weight is 196 g/mol. The van der Waals surface area contributed by atoms with E-state index in [2.05, 4.69) is 64.6 Å². The molecule has 0 aliphatic heterocycles. The van der Waals surface area contributed by atoms with Crippen molar-refractivity contribution >= 4 is 5.84 Å². The van der Waals surface area contributed by atoms with E-state index in [4.69, 9.17) is 0 Å². The first-order chi connectivity index (χ1) is 6.34. The second-order valence-electron chi connectivity index (χ2n) is 4.51. The molecule has 0 aromatic rings. The maximum absolute atomic E-state index is 4.60. The van der Waals surface area contributed by atoms with E-state index in [1.807, 2.05) is 0 Å². The summed E-state index contributed by atoms with van der Waals surface area (Å²) in [4.78, 5) is 6.81. The summed E-state index contributed by atoms with van der Waals surface area (Å²) in [5.41, 5.74) is 1.29. The summed E-state index contributed by atoms with van der Waals surface area (Å²) in [6.45, 7) is 12.8. The molecule has 0 amide bonds. The third kappa shape index (κ3) is 5.05. The summed E-state index contributed by atoms with van der Waals surface area (Å²) >= 11 is 0. The predicted molar refractivity (Wildman–Crippen MR) is 64.9 cm³/mol. The molecule has 14 heavy (non-hydrogen) atoms. The Bertz CT molecular complexity index is 220. The molecule has 2 nitrogen and oxygen atoms in total. The Morgan fingerprint density at radius 1 is 1.14 bits per heavy atom. The minimum Gasteiger partial charge on any atom is -0.358 e. The molecule has 0 radical (unpaired) electrons. The average Bonchev–Trinajstić information content (AvgIpc) is 1.99. The summed E-state index contributed by atoms with van der Waals surface area (Å²) in [6, 6.07) is 0.838. The molecule has 0 bridgehead atoms. The van der Waals surface area contributed by atoms with Gasteiger partial charge in [0, 0.05) is 19.1 Å². The van der Waals surface area contributed by atoms with Crippen molar-refractivity contribution < 1.29 is 0 Å². The van der Waals surface area contributed by atoms with Crippen molar-refractivity contribution in [1.29, 1.82) is 0 Å². The molecule has 0 unspecified atom stereocenters. The van der Waals surface area contributed by atoms with E-state index < -0.39 is 0 Å². The van der Waals surface area contributed by atoms with Gasteiger partial charge in [-0.25, -0.2) is 0 Å². The van der Waals surface area contributed by atoms with Crippen LogP contribution >= 0.6 is 0 Å². The summed E-state index contributed by atoms with van der Waals surface area (Å²) < 4.78 is 0. The molecule has 82 valence electrons. The van der Waals surface area contributed by atoms with Crippen molar-refractivity contribution in [2.75, 3.05) is 7.05 Å². The zero-order valence-electron chi connectivity index (χ0n) is 10.6. The van der Waals surface area contributed by atoms with Crippen molar-refractivity contribution in [2.24, 2.45) is 4.99 Å². The lowest BCUT2D eigenvalue weighted by molar-refractivity contribution is 0.416. The number of amidine groups is 1. The van der Waals surface area contributed by atoms with Crippen LogP contribution in [0.15, 0.2) is 16.6 Å². The van der Waals surface area contributed by atoms with Crippen LogP contribution in [-0.4, -0.2) is 29.9 Å². The molecule has 0 N–H and O–H groups in total.